The molecule has 92 valence electrons. The minimum atomic E-state index is 1.12. The van der Waals surface area contributed by atoms with Gasteiger partial charge in [-0.2, -0.15) is 0 Å². The summed E-state index contributed by atoms with van der Waals surface area (Å²) in [6.07, 6.45) is 2.21. The molecule has 17 heavy (non-hydrogen) atoms. The Morgan fingerprint density at radius 3 is 2.35 bits per heavy atom. The van der Waals surface area contributed by atoms with Gasteiger partial charge in [-0.25, -0.2) is 0 Å². The van der Waals surface area contributed by atoms with Crippen molar-refractivity contribution in [3.8, 4) is 0 Å². The third kappa shape index (κ3) is 3.34. The first-order valence-electron chi connectivity index (χ1n) is 6.44. The minimum Gasteiger partial charge on any atom is -0.369 e. The summed E-state index contributed by atoms with van der Waals surface area (Å²) < 4.78 is 0. The van der Waals surface area contributed by atoms with Crippen molar-refractivity contribution in [3.05, 3.63) is 42.0 Å². The van der Waals surface area contributed by atoms with Crippen molar-refractivity contribution in [1.82, 2.24) is 4.90 Å². The van der Waals surface area contributed by atoms with Crippen LogP contribution in [-0.4, -0.2) is 37.6 Å². The number of hydrogen-bond donors (Lipinski definition) is 0. The van der Waals surface area contributed by atoms with Gasteiger partial charge in [-0.3, -0.25) is 4.90 Å². The Morgan fingerprint density at radius 1 is 1.12 bits per heavy atom. The van der Waals surface area contributed by atoms with Crippen LogP contribution in [0, 0.1) is 0 Å². The highest BCUT2D eigenvalue weighted by Crippen LogP contribution is 2.15. The molecule has 0 amide bonds. The molecular weight excluding hydrogens is 208 g/mol. The maximum Gasteiger partial charge on any atom is 0.0367 e. The van der Waals surface area contributed by atoms with Gasteiger partial charge in [0.15, 0.2) is 0 Å². The van der Waals surface area contributed by atoms with E-state index in [0.29, 0.717) is 0 Å². The molecule has 1 fully saturated rings. The predicted molar refractivity (Wildman–Crippen MR) is 74.5 cm³/mol. The molecule has 1 aromatic carbocycles. The maximum absolute atomic E-state index is 2.54. The largest absolute Gasteiger partial charge is 0.369 e. The molecule has 1 aliphatic heterocycles. The summed E-state index contributed by atoms with van der Waals surface area (Å²) in [6.45, 7) is 10.1. The van der Waals surface area contributed by atoms with E-state index in [-0.39, 0.29) is 0 Å². The van der Waals surface area contributed by atoms with Gasteiger partial charge < -0.3 is 4.90 Å². The van der Waals surface area contributed by atoms with E-state index >= 15 is 0 Å². The number of benzene rings is 1. The summed E-state index contributed by atoms with van der Waals surface area (Å²) in [4.78, 5) is 5.01. The molecule has 2 nitrogen and oxygen atoms in total. The van der Waals surface area contributed by atoms with Crippen LogP contribution in [0.3, 0.4) is 0 Å². The normalized spacial score (nSPS) is 18.5. The fourth-order valence-electron chi connectivity index (χ4n) is 2.25. The molecule has 1 heterocycles. The first kappa shape index (κ1) is 12.2. The summed E-state index contributed by atoms with van der Waals surface area (Å²) in [5, 5.41) is 0. The average molecular weight is 230 g/mol. The predicted octanol–water partition coefficient (Wildman–Crippen LogP) is 2.77. The van der Waals surface area contributed by atoms with Gasteiger partial charge in [0.25, 0.3) is 0 Å². The van der Waals surface area contributed by atoms with E-state index < -0.39 is 0 Å². The first-order valence-corrected chi connectivity index (χ1v) is 6.44. The molecule has 2 rings (SSSR count). The number of hydrogen-bond acceptors (Lipinski definition) is 2. The SMILES string of the molecule is C/C=C(\C)CN1CCN(c2ccccc2)CC1. The van der Waals surface area contributed by atoms with Gasteiger partial charge in [-0.1, -0.05) is 29.8 Å². The second-order valence-electron chi connectivity index (χ2n) is 4.73. The second-order valence-corrected chi connectivity index (χ2v) is 4.73. The average Bonchev–Trinajstić information content (AvgIpc) is 2.40. The van der Waals surface area contributed by atoms with E-state index in [1.807, 2.05) is 0 Å². The van der Waals surface area contributed by atoms with E-state index in [9.17, 15) is 0 Å². The van der Waals surface area contributed by atoms with Crippen LogP contribution < -0.4 is 4.90 Å². The molecular formula is C15H22N2. The van der Waals surface area contributed by atoms with Crippen molar-refractivity contribution in [3.63, 3.8) is 0 Å². The molecule has 1 aliphatic rings. The highest BCUT2D eigenvalue weighted by Gasteiger charge is 2.16. The Labute approximate surface area is 105 Å². The lowest BCUT2D eigenvalue weighted by atomic mass is 10.2. The lowest BCUT2D eigenvalue weighted by Crippen LogP contribution is -2.46. The Morgan fingerprint density at radius 2 is 1.76 bits per heavy atom. The number of para-hydroxylation sites is 1. The van der Waals surface area contributed by atoms with Crippen LogP contribution in [0.25, 0.3) is 0 Å². The zero-order valence-corrected chi connectivity index (χ0v) is 10.9. The topological polar surface area (TPSA) is 6.48 Å². The third-order valence-electron chi connectivity index (χ3n) is 3.46. The Balaban J connectivity index is 1.86. The molecule has 0 N–H and O–H groups in total. The first-order chi connectivity index (χ1) is 8.29. The van der Waals surface area contributed by atoms with Crippen LogP contribution in [0.5, 0.6) is 0 Å². The summed E-state index contributed by atoms with van der Waals surface area (Å²) >= 11 is 0. The summed E-state index contributed by atoms with van der Waals surface area (Å²) in [5.41, 5.74) is 2.83. The van der Waals surface area contributed by atoms with E-state index in [0.717, 1.165) is 19.6 Å². The second kappa shape index (κ2) is 5.87. The van der Waals surface area contributed by atoms with E-state index in [2.05, 4.69) is 60.1 Å². The lowest BCUT2D eigenvalue weighted by Gasteiger charge is -2.36. The molecule has 1 aromatic rings. The number of nitrogens with zero attached hydrogens (tertiary/aromatic N) is 2. The highest BCUT2D eigenvalue weighted by atomic mass is 15.3. The smallest absolute Gasteiger partial charge is 0.0367 e. The molecule has 0 aromatic heterocycles. The van der Waals surface area contributed by atoms with Gasteiger partial charge in [0.05, 0.1) is 0 Å². The lowest BCUT2D eigenvalue weighted by molar-refractivity contribution is 0.278. The molecule has 0 spiro atoms. The van der Waals surface area contributed by atoms with Crippen LogP contribution in [0.2, 0.25) is 0 Å². The van der Waals surface area contributed by atoms with Gasteiger partial charge in [-0.15, -0.1) is 0 Å². The molecule has 0 bridgehead atoms. The van der Waals surface area contributed by atoms with Crippen molar-refractivity contribution in [2.75, 3.05) is 37.6 Å². The van der Waals surface area contributed by atoms with E-state index in [4.69, 9.17) is 0 Å². The number of rotatable bonds is 3. The number of allylic oxidation sites excluding steroid dienone is 1. The van der Waals surface area contributed by atoms with Crippen LogP contribution in [0.15, 0.2) is 42.0 Å². The Hall–Kier alpha value is -1.28. The zero-order valence-electron chi connectivity index (χ0n) is 10.9. The van der Waals surface area contributed by atoms with E-state index in [1.165, 1.54) is 24.4 Å². The van der Waals surface area contributed by atoms with Crippen molar-refractivity contribution in [1.29, 1.82) is 0 Å². The van der Waals surface area contributed by atoms with Gasteiger partial charge in [0, 0.05) is 38.4 Å². The quantitative estimate of drug-likeness (QED) is 0.737. The fourth-order valence-corrected chi connectivity index (χ4v) is 2.25. The van der Waals surface area contributed by atoms with Crippen LogP contribution >= 0.6 is 0 Å². The fraction of sp³-hybridized carbons (Fsp3) is 0.467. The van der Waals surface area contributed by atoms with Gasteiger partial charge in [0.1, 0.15) is 0 Å². The monoisotopic (exact) mass is 230 g/mol. The number of anilines is 1. The number of piperazine rings is 1. The summed E-state index contributed by atoms with van der Waals surface area (Å²) in [6, 6.07) is 10.7. The third-order valence-corrected chi connectivity index (χ3v) is 3.46. The molecule has 0 radical (unpaired) electrons. The van der Waals surface area contributed by atoms with Crippen molar-refractivity contribution < 1.29 is 0 Å². The maximum atomic E-state index is 2.54. The summed E-state index contributed by atoms with van der Waals surface area (Å²) in [7, 11) is 0. The van der Waals surface area contributed by atoms with Crippen LogP contribution in [0.1, 0.15) is 13.8 Å². The standard InChI is InChI=1S/C15H22N2/c1-3-14(2)13-16-9-11-17(12-10-16)15-7-5-4-6-8-15/h3-8H,9-13H2,1-2H3/b14-3+. The van der Waals surface area contributed by atoms with Crippen molar-refractivity contribution in [2.45, 2.75) is 13.8 Å². The van der Waals surface area contributed by atoms with Gasteiger partial charge in [-0.05, 0) is 26.0 Å². The Kier molecular flexibility index (Phi) is 4.21. The van der Waals surface area contributed by atoms with Crippen LogP contribution in [0.4, 0.5) is 5.69 Å². The minimum absolute atomic E-state index is 1.12. The van der Waals surface area contributed by atoms with Gasteiger partial charge in [0.2, 0.25) is 0 Å². The van der Waals surface area contributed by atoms with Crippen LogP contribution in [-0.2, 0) is 0 Å². The molecule has 1 saturated heterocycles. The molecule has 0 atom stereocenters. The molecule has 0 aliphatic carbocycles. The van der Waals surface area contributed by atoms with Gasteiger partial charge >= 0.3 is 0 Å². The van der Waals surface area contributed by atoms with Crippen molar-refractivity contribution in [2.24, 2.45) is 0 Å². The summed E-state index contributed by atoms with van der Waals surface area (Å²) in [5.74, 6) is 0. The molecule has 0 unspecified atom stereocenters. The molecule has 0 saturated carbocycles. The zero-order chi connectivity index (χ0) is 12.1. The Bertz CT molecular complexity index is 362. The van der Waals surface area contributed by atoms with E-state index in [1.54, 1.807) is 0 Å². The van der Waals surface area contributed by atoms with Crippen molar-refractivity contribution >= 4 is 5.69 Å². The highest BCUT2D eigenvalue weighted by molar-refractivity contribution is 5.46. The molecule has 2 heteroatoms.